The zero-order valence-electron chi connectivity index (χ0n) is 9.97. The average molecular weight is 242 g/mol. The van der Waals surface area contributed by atoms with E-state index in [1.165, 1.54) is 21.3 Å². The van der Waals surface area contributed by atoms with E-state index in [0.717, 1.165) is 11.6 Å². The summed E-state index contributed by atoms with van der Waals surface area (Å²) in [6.07, 6.45) is 4.13. The van der Waals surface area contributed by atoms with Crippen LogP contribution in [0.2, 0.25) is 0 Å². The SMILES string of the molecule is Cc1ncc(Cn2ccc3c(C)cccc32)s1. The Balaban J connectivity index is 2.04. The molecular weight excluding hydrogens is 228 g/mol. The van der Waals surface area contributed by atoms with Gasteiger partial charge in [-0.05, 0) is 31.5 Å². The van der Waals surface area contributed by atoms with E-state index in [1.54, 1.807) is 11.3 Å². The van der Waals surface area contributed by atoms with Crippen molar-refractivity contribution in [3.63, 3.8) is 0 Å². The van der Waals surface area contributed by atoms with Crippen molar-refractivity contribution in [2.24, 2.45) is 0 Å². The molecule has 0 bridgehead atoms. The minimum atomic E-state index is 0.915. The van der Waals surface area contributed by atoms with Crippen LogP contribution in [0.15, 0.2) is 36.7 Å². The summed E-state index contributed by atoms with van der Waals surface area (Å²) in [6, 6.07) is 8.64. The standard InChI is InChI=1S/C14H14N2S/c1-10-4-3-5-14-13(10)6-7-16(14)9-12-8-15-11(2)17-12/h3-8H,9H2,1-2H3. The maximum atomic E-state index is 4.30. The lowest BCUT2D eigenvalue weighted by atomic mass is 10.1. The predicted octanol–water partition coefficient (Wildman–Crippen LogP) is 3.76. The zero-order chi connectivity index (χ0) is 11.8. The molecule has 0 aliphatic heterocycles. The van der Waals surface area contributed by atoms with Gasteiger partial charge in [0, 0.05) is 28.2 Å². The van der Waals surface area contributed by atoms with Gasteiger partial charge >= 0.3 is 0 Å². The van der Waals surface area contributed by atoms with Crippen LogP contribution in [0, 0.1) is 13.8 Å². The van der Waals surface area contributed by atoms with Crippen molar-refractivity contribution >= 4 is 22.2 Å². The van der Waals surface area contributed by atoms with E-state index in [1.807, 2.05) is 13.1 Å². The van der Waals surface area contributed by atoms with Crippen LogP contribution in [0.25, 0.3) is 10.9 Å². The van der Waals surface area contributed by atoms with Crippen molar-refractivity contribution in [2.75, 3.05) is 0 Å². The zero-order valence-corrected chi connectivity index (χ0v) is 10.8. The van der Waals surface area contributed by atoms with E-state index in [2.05, 4.69) is 46.9 Å². The fraction of sp³-hybridized carbons (Fsp3) is 0.214. The third kappa shape index (κ3) is 1.87. The molecule has 0 atom stereocenters. The first-order valence-electron chi connectivity index (χ1n) is 5.70. The minimum absolute atomic E-state index is 0.915. The minimum Gasteiger partial charge on any atom is -0.342 e. The molecule has 3 heteroatoms. The van der Waals surface area contributed by atoms with Crippen LogP contribution in [-0.2, 0) is 6.54 Å². The summed E-state index contributed by atoms with van der Waals surface area (Å²) in [6.45, 7) is 5.12. The molecule has 17 heavy (non-hydrogen) atoms. The van der Waals surface area contributed by atoms with Crippen LogP contribution < -0.4 is 0 Å². The molecule has 0 saturated heterocycles. The Morgan fingerprint density at radius 3 is 2.88 bits per heavy atom. The molecule has 0 fully saturated rings. The Hall–Kier alpha value is -1.61. The van der Waals surface area contributed by atoms with Gasteiger partial charge in [0.1, 0.15) is 0 Å². The third-order valence-corrected chi connectivity index (χ3v) is 3.92. The first-order chi connectivity index (χ1) is 8.24. The molecule has 0 aliphatic rings. The summed E-state index contributed by atoms with van der Waals surface area (Å²) >= 11 is 1.77. The lowest BCUT2D eigenvalue weighted by Gasteiger charge is -2.03. The summed E-state index contributed by atoms with van der Waals surface area (Å²) in [7, 11) is 0. The second-order valence-electron chi connectivity index (χ2n) is 4.30. The van der Waals surface area contributed by atoms with Gasteiger partial charge in [-0.15, -0.1) is 11.3 Å². The van der Waals surface area contributed by atoms with E-state index in [0.29, 0.717) is 0 Å². The van der Waals surface area contributed by atoms with Crippen molar-refractivity contribution in [3.8, 4) is 0 Å². The van der Waals surface area contributed by atoms with Gasteiger partial charge in [0.2, 0.25) is 0 Å². The molecule has 2 heterocycles. The van der Waals surface area contributed by atoms with Gasteiger partial charge < -0.3 is 4.57 Å². The molecule has 0 aliphatic carbocycles. The number of thiazole rings is 1. The number of aromatic nitrogens is 2. The smallest absolute Gasteiger partial charge is 0.0897 e. The summed E-state index contributed by atoms with van der Waals surface area (Å²) in [5, 5.41) is 2.47. The molecule has 0 unspecified atom stereocenters. The average Bonchev–Trinajstić information content (AvgIpc) is 2.88. The first-order valence-corrected chi connectivity index (χ1v) is 6.51. The summed E-state index contributed by atoms with van der Waals surface area (Å²) < 4.78 is 2.29. The quantitative estimate of drug-likeness (QED) is 0.669. The van der Waals surface area contributed by atoms with Crippen molar-refractivity contribution in [1.82, 2.24) is 9.55 Å². The van der Waals surface area contributed by atoms with Gasteiger partial charge in [-0.1, -0.05) is 12.1 Å². The Kier molecular flexibility index (Phi) is 2.48. The van der Waals surface area contributed by atoms with Gasteiger partial charge in [-0.2, -0.15) is 0 Å². The van der Waals surface area contributed by atoms with Crippen molar-refractivity contribution in [2.45, 2.75) is 20.4 Å². The van der Waals surface area contributed by atoms with Gasteiger partial charge in [-0.3, -0.25) is 0 Å². The topological polar surface area (TPSA) is 17.8 Å². The highest BCUT2D eigenvalue weighted by atomic mass is 32.1. The normalized spacial score (nSPS) is 11.2. The van der Waals surface area contributed by atoms with E-state index in [9.17, 15) is 0 Å². The number of nitrogens with zero attached hydrogens (tertiary/aromatic N) is 2. The number of benzene rings is 1. The fourth-order valence-electron chi connectivity index (χ4n) is 2.16. The Morgan fingerprint density at radius 2 is 2.12 bits per heavy atom. The molecule has 0 saturated carbocycles. The van der Waals surface area contributed by atoms with Crippen molar-refractivity contribution < 1.29 is 0 Å². The molecule has 86 valence electrons. The number of aryl methyl sites for hydroxylation is 2. The number of rotatable bonds is 2. The highest BCUT2D eigenvalue weighted by Crippen LogP contribution is 2.22. The highest BCUT2D eigenvalue weighted by molar-refractivity contribution is 7.11. The Bertz CT molecular complexity index is 664. The molecule has 3 rings (SSSR count). The molecule has 0 amide bonds. The monoisotopic (exact) mass is 242 g/mol. The Morgan fingerprint density at radius 1 is 1.24 bits per heavy atom. The molecule has 0 radical (unpaired) electrons. The largest absolute Gasteiger partial charge is 0.342 e. The second kappa shape index (κ2) is 4.00. The third-order valence-electron chi connectivity index (χ3n) is 3.03. The lowest BCUT2D eigenvalue weighted by molar-refractivity contribution is 0.849. The molecule has 0 N–H and O–H groups in total. The number of fused-ring (bicyclic) bond motifs is 1. The lowest BCUT2D eigenvalue weighted by Crippen LogP contribution is -1.95. The number of hydrogen-bond donors (Lipinski definition) is 0. The van der Waals surface area contributed by atoms with E-state index in [-0.39, 0.29) is 0 Å². The van der Waals surface area contributed by atoms with Gasteiger partial charge in [0.15, 0.2) is 0 Å². The predicted molar refractivity (Wildman–Crippen MR) is 72.6 cm³/mol. The van der Waals surface area contributed by atoms with Crippen LogP contribution in [0.5, 0.6) is 0 Å². The van der Waals surface area contributed by atoms with E-state index >= 15 is 0 Å². The van der Waals surface area contributed by atoms with Crippen LogP contribution in [-0.4, -0.2) is 9.55 Å². The van der Waals surface area contributed by atoms with Crippen LogP contribution in [0.4, 0.5) is 0 Å². The van der Waals surface area contributed by atoms with Gasteiger partial charge in [-0.25, -0.2) is 4.98 Å². The molecule has 0 spiro atoms. The Labute approximate surface area is 105 Å². The maximum Gasteiger partial charge on any atom is 0.0897 e. The van der Waals surface area contributed by atoms with Crippen LogP contribution >= 0.6 is 11.3 Å². The summed E-state index contributed by atoms with van der Waals surface area (Å²) in [5.41, 5.74) is 2.64. The van der Waals surface area contributed by atoms with E-state index < -0.39 is 0 Å². The first kappa shape index (κ1) is 10.5. The van der Waals surface area contributed by atoms with Gasteiger partial charge in [0.05, 0.1) is 11.6 Å². The fourth-order valence-corrected chi connectivity index (χ4v) is 2.96. The van der Waals surface area contributed by atoms with Gasteiger partial charge in [0.25, 0.3) is 0 Å². The maximum absolute atomic E-state index is 4.30. The van der Waals surface area contributed by atoms with Crippen molar-refractivity contribution in [3.05, 3.63) is 52.1 Å². The van der Waals surface area contributed by atoms with Crippen LogP contribution in [0.1, 0.15) is 15.4 Å². The van der Waals surface area contributed by atoms with E-state index in [4.69, 9.17) is 0 Å². The summed E-state index contributed by atoms with van der Waals surface area (Å²) in [4.78, 5) is 5.61. The molecule has 2 aromatic heterocycles. The summed E-state index contributed by atoms with van der Waals surface area (Å²) in [5.74, 6) is 0. The molecule has 2 nitrogen and oxygen atoms in total. The molecular formula is C14H14N2S. The molecule has 1 aromatic carbocycles. The molecule has 3 aromatic rings. The highest BCUT2D eigenvalue weighted by Gasteiger charge is 2.04. The number of hydrogen-bond acceptors (Lipinski definition) is 2. The second-order valence-corrected chi connectivity index (χ2v) is 5.62. The van der Waals surface area contributed by atoms with Crippen molar-refractivity contribution in [1.29, 1.82) is 0 Å². The van der Waals surface area contributed by atoms with Crippen LogP contribution in [0.3, 0.4) is 0 Å².